The maximum Gasteiger partial charge on any atom is 0.262 e. The average molecular weight is 376 g/mol. The Hall–Kier alpha value is -2.99. The molecule has 1 aromatic carbocycles. The third-order valence-corrected chi connectivity index (χ3v) is 5.27. The van der Waals surface area contributed by atoms with E-state index in [1.54, 1.807) is 29.6 Å². The Morgan fingerprint density at radius 3 is 2.64 bits per heavy atom. The lowest BCUT2D eigenvalue weighted by molar-refractivity contribution is 0.0958. The number of furan rings is 1. The normalized spacial score (nSPS) is 15.4. The molecule has 0 atom stereocenters. The van der Waals surface area contributed by atoms with Crippen LogP contribution in [0.1, 0.15) is 28.8 Å². The number of carbonyl (C=O) groups excluding carboxylic acids is 1. The van der Waals surface area contributed by atoms with Crippen molar-refractivity contribution in [1.29, 1.82) is 0 Å². The number of amides is 1. The van der Waals surface area contributed by atoms with Gasteiger partial charge in [0.05, 0.1) is 18.0 Å². The number of piperidine rings is 1. The molecule has 0 spiro atoms. The highest BCUT2D eigenvalue weighted by atomic mass is 16.3. The zero-order valence-electron chi connectivity index (χ0n) is 15.8. The monoisotopic (exact) mass is 376 g/mol. The zero-order chi connectivity index (χ0) is 19.2. The fourth-order valence-corrected chi connectivity index (χ4v) is 3.73. The van der Waals surface area contributed by atoms with Crippen LogP contribution in [-0.2, 0) is 6.42 Å². The predicted octanol–water partition coefficient (Wildman–Crippen LogP) is 3.42. The van der Waals surface area contributed by atoms with Crippen molar-refractivity contribution in [3.05, 3.63) is 78.6 Å². The van der Waals surface area contributed by atoms with Crippen LogP contribution in [0.4, 0.5) is 5.82 Å². The molecule has 1 saturated heterocycles. The summed E-state index contributed by atoms with van der Waals surface area (Å²) >= 11 is 0. The number of hydrogen-bond acceptors (Lipinski definition) is 5. The molecule has 0 radical (unpaired) electrons. The van der Waals surface area contributed by atoms with E-state index in [9.17, 15) is 4.79 Å². The van der Waals surface area contributed by atoms with Crippen LogP contribution in [0, 0.1) is 0 Å². The Bertz CT molecular complexity index is 860. The van der Waals surface area contributed by atoms with E-state index in [4.69, 9.17) is 4.42 Å². The first-order valence-electron chi connectivity index (χ1n) is 9.69. The first kappa shape index (κ1) is 18.4. The highest BCUT2D eigenvalue weighted by Crippen LogP contribution is 2.24. The number of likely N-dealkylation sites (tertiary alicyclic amines) is 1. The molecule has 3 heterocycles. The van der Waals surface area contributed by atoms with Crippen LogP contribution in [0.5, 0.6) is 0 Å². The zero-order valence-corrected chi connectivity index (χ0v) is 15.8. The number of aromatic nitrogens is 2. The maximum atomic E-state index is 13.1. The summed E-state index contributed by atoms with van der Waals surface area (Å²) in [6, 6.07) is 12.4. The molecule has 2 aromatic heterocycles. The standard InChI is InChI=1S/C22H24N4O2/c27-22(19-9-15-28-17-19)26(21-16-23-10-11-24-21)20-7-13-25(14-8-20)12-6-18-4-2-1-3-5-18/h1-5,9-11,15-17,20H,6-8,12-14H2. The predicted molar refractivity (Wildman–Crippen MR) is 107 cm³/mol. The molecular formula is C22H24N4O2. The molecule has 1 fully saturated rings. The van der Waals surface area contributed by atoms with Gasteiger partial charge in [0.15, 0.2) is 5.82 Å². The minimum absolute atomic E-state index is 0.0861. The van der Waals surface area contributed by atoms with Crippen LogP contribution in [-0.4, -0.2) is 46.5 Å². The fraction of sp³-hybridized carbons (Fsp3) is 0.318. The van der Waals surface area contributed by atoms with Crippen molar-refractivity contribution < 1.29 is 9.21 Å². The number of benzene rings is 1. The quantitative estimate of drug-likeness (QED) is 0.660. The Labute approximate surface area is 164 Å². The lowest BCUT2D eigenvalue weighted by Crippen LogP contribution is -2.48. The second-order valence-electron chi connectivity index (χ2n) is 7.06. The summed E-state index contributed by atoms with van der Waals surface area (Å²) in [4.78, 5) is 25.9. The summed E-state index contributed by atoms with van der Waals surface area (Å²) < 4.78 is 5.11. The highest BCUT2D eigenvalue weighted by molar-refractivity contribution is 6.05. The summed E-state index contributed by atoms with van der Waals surface area (Å²) in [6.45, 7) is 2.97. The Balaban J connectivity index is 1.42. The van der Waals surface area contributed by atoms with Gasteiger partial charge < -0.3 is 9.32 Å². The number of nitrogens with zero attached hydrogens (tertiary/aromatic N) is 4. The van der Waals surface area contributed by atoms with Crippen molar-refractivity contribution in [2.75, 3.05) is 24.5 Å². The number of anilines is 1. The molecule has 1 amide bonds. The van der Waals surface area contributed by atoms with Crippen molar-refractivity contribution >= 4 is 11.7 Å². The molecule has 0 unspecified atom stereocenters. The molecule has 1 aliphatic rings. The van der Waals surface area contributed by atoms with Gasteiger partial charge in [-0.1, -0.05) is 30.3 Å². The first-order chi connectivity index (χ1) is 13.8. The van der Waals surface area contributed by atoms with Crippen molar-refractivity contribution in [2.45, 2.75) is 25.3 Å². The second kappa shape index (κ2) is 8.80. The van der Waals surface area contributed by atoms with E-state index in [-0.39, 0.29) is 11.9 Å². The van der Waals surface area contributed by atoms with Gasteiger partial charge in [-0.05, 0) is 30.9 Å². The fourth-order valence-electron chi connectivity index (χ4n) is 3.73. The Morgan fingerprint density at radius 1 is 1.14 bits per heavy atom. The average Bonchev–Trinajstić information content (AvgIpc) is 3.30. The van der Waals surface area contributed by atoms with Gasteiger partial charge in [-0.15, -0.1) is 0 Å². The minimum Gasteiger partial charge on any atom is -0.472 e. The summed E-state index contributed by atoms with van der Waals surface area (Å²) in [6.07, 6.45) is 10.8. The molecule has 0 bridgehead atoms. The third kappa shape index (κ3) is 4.28. The van der Waals surface area contributed by atoms with Crippen molar-refractivity contribution in [1.82, 2.24) is 14.9 Å². The van der Waals surface area contributed by atoms with E-state index < -0.39 is 0 Å². The van der Waals surface area contributed by atoms with E-state index in [0.717, 1.165) is 38.9 Å². The molecule has 4 rings (SSSR count). The molecule has 6 nitrogen and oxygen atoms in total. The van der Waals surface area contributed by atoms with Gasteiger partial charge in [-0.25, -0.2) is 4.98 Å². The maximum absolute atomic E-state index is 13.1. The van der Waals surface area contributed by atoms with Gasteiger partial charge in [0, 0.05) is 38.1 Å². The lowest BCUT2D eigenvalue weighted by atomic mass is 10.0. The van der Waals surface area contributed by atoms with Crippen LogP contribution in [0.2, 0.25) is 0 Å². The third-order valence-electron chi connectivity index (χ3n) is 5.27. The van der Waals surface area contributed by atoms with Gasteiger partial charge in [0.25, 0.3) is 5.91 Å². The molecule has 144 valence electrons. The van der Waals surface area contributed by atoms with Gasteiger partial charge in [-0.3, -0.25) is 14.7 Å². The van der Waals surface area contributed by atoms with Crippen LogP contribution >= 0.6 is 0 Å². The number of rotatable bonds is 6. The molecule has 6 heteroatoms. The molecule has 0 saturated carbocycles. The van der Waals surface area contributed by atoms with Gasteiger partial charge in [0.1, 0.15) is 6.26 Å². The Kier molecular flexibility index (Phi) is 5.77. The van der Waals surface area contributed by atoms with E-state index >= 15 is 0 Å². The van der Waals surface area contributed by atoms with Crippen molar-refractivity contribution in [3.63, 3.8) is 0 Å². The Morgan fingerprint density at radius 2 is 1.96 bits per heavy atom. The molecule has 0 aliphatic carbocycles. The second-order valence-corrected chi connectivity index (χ2v) is 7.06. The first-order valence-corrected chi connectivity index (χ1v) is 9.69. The van der Waals surface area contributed by atoms with Gasteiger partial charge in [-0.2, -0.15) is 0 Å². The number of hydrogen-bond donors (Lipinski definition) is 0. The molecule has 0 N–H and O–H groups in total. The summed E-state index contributed by atoms with van der Waals surface area (Å²) in [5.74, 6) is 0.508. The smallest absolute Gasteiger partial charge is 0.262 e. The van der Waals surface area contributed by atoms with Gasteiger partial charge in [0.2, 0.25) is 0 Å². The minimum atomic E-state index is -0.0861. The molecule has 28 heavy (non-hydrogen) atoms. The SMILES string of the molecule is O=C(c1ccoc1)N(c1cnccn1)C1CCN(CCc2ccccc2)CC1. The van der Waals surface area contributed by atoms with Crippen LogP contribution in [0.25, 0.3) is 0 Å². The van der Waals surface area contributed by atoms with Crippen molar-refractivity contribution in [3.8, 4) is 0 Å². The summed E-state index contributed by atoms with van der Waals surface area (Å²) in [5.41, 5.74) is 1.90. The molecule has 3 aromatic rings. The van der Waals surface area contributed by atoms with E-state index in [1.165, 1.54) is 18.1 Å². The topological polar surface area (TPSA) is 62.5 Å². The summed E-state index contributed by atoms with van der Waals surface area (Å²) in [5, 5.41) is 0. The number of carbonyl (C=O) groups is 1. The van der Waals surface area contributed by atoms with Crippen LogP contribution in [0.15, 0.2) is 71.9 Å². The van der Waals surface area contributed by atoms with E-state index in [1.807, 2.05) is 6.07 Å². The van der Waals surface area contributed by atoms with E-state index in [0.29, 0.717) is 11.4 Å². The van der Waals surface area contributed by atoms with Crippen LogP contribution in [0.3, 0.4) is 0 Å². The van der Waals surface area contributed by atoms with E-state index in [2.05, 4.69) is 39.1 Å². The van der Waals surface area contributed by atoms with Crippen LogP contribution < -0.4 is 4.90 Å². The highest BCUT2D eigenvalue weighted by Gasteiger charge is 2.31. The largest absolute Gasteiger partial charge is 0.472 e. The molecule has 1 aliphatic heterocycles. The summed E-state index contributed by atoms with van der Waals surface area (Å²) in [7, 11) is 0. The van der Waals surface area contributed by atoms with Gasteiger partial charge >= 0.3 is 0 Å². The van der Waals surface area contributed by atoms with Crippen molar-refractivity contribution in [2.24, 2.45) is 0 Å². The lowest BCUT2D eigenvalue weighted by Gasteiger charge is -2.37. The molecular weight excluding hydrogens is 352 g/mol.